The van der Waals surface area contributed by atoms with Crippen LogP contribution in [0.25, 0.3) is 10.2 Å². The third-order valence-electron chi connectivity index (χ3n) is 4.63. The van der Waals surface area contributed by atoms with Gasteiger partial charge in [0.05, 0.1) is 25.3 Å². The molecule has 3 heterocycles. The predicted molar refractivity (Wildman–Crippen MR) is 112 cm³/mol. The average molecular weight is 471 g/mol. The average Bonchev–Trinajstić information content (AvgIpc) is 2.98. The van der Waals surface area contributed by atoms with E-state index < -0.39 is 0 Å². The van der Waals surface area contributed by atoms with E-state index in [1.54, 1.807) is 29.5 Å². The summed E-state index contributed by atoms with van der Waals surface area (Å²) in [6.45, 7) is 1.05. The number of thiophene rings is 1. The molecule has 1 aliphatic heterocycles. The van der Waals surface area contributed by atoms with Crippen LogP contribution in [0.15, 0.2) is 34.8 Å². The Morgan fingerprint density at radius 3 is 3.00 bits per heavy atom. The Kier molecular flexibility index (Phi) is 5.66. The van der Waals surface area contributed by atoms with Gasteiger partial charge in [-0.15, -0.1) is 11.3 Å². The molecule has 0 saturated carbocycles. The zero-order chi connectivity index (χ0) is 19.0. The number of hydrogen-bond acceptors (Lipinski definition) is 5. The summed E-state index contributed by atoms with van der Waals surface area (Å²) in [5.41, 5.74) is 8.45. The van der Waals surface area contributed by atoms with Gasteiger partial charge in [0.1, 0.15) is 17.1 Å². The number of rotatable bonds is 4. The summed E-state index contributed by atoms with van der Waals surface area (Å²) in [6.07, 6.45) is 1.74. The maximum Gasteiger partial charge on any atom is 0.131 e. The van der Waals surface area contributed by atoms with Crippen molar-refractivity contribution in [3.8, 4) is 0 Å². The summed E-state index contributed by atoms with van der Waals surface area (Å²) < 4.78 is 21.7. The van der Waals surface area contributed by atoms with E-state index in [0.29, 0.717) is 23.9 Å². The van der Waals surface area contributed by atoms with E-state index in [1.165, 1.54) is 6.07 Å². The van der Waals surface area contributed by atoms with Gasteiger partial charge in [0.15, 0.2) is 0 Å². The zero-order valence-electron chi connectivity index (χ0n) is 14.3. The minimum absolute atomic E-state index is 0.0478. The molecule has 0 radical (unpaired) electrons. The Labute approximate surface area is 174 Å². The fourth-order valence-electron chi connectivity index (χ4n) is 3.25. The second kappa shape index (κ2) is 8.01. The maximum absolute atomic E-state index is 13.9. The standard InChI is InChI=1S/C19H18BrClFN3OS/c20-15-16-18(27-19(15)17-12(23)6-3-7-26-17)13(8-14(21)25-16)24-9-10-4-1-2-5-11(10)22/h1-2,4-5,8,12,17H,3,6-7,9,23H2,(H,24,25)/t12-,17-/m0/s1. The zero-order valence-corrected chi connectivity index (χ0v) is 17.5. The lowest BCUT2D eigenvalue weighted by Gasteiger charge is -2.28. The van der Waals surface area contributed by atoms with Gasteiger partial charge < -0.3 is 15.8 Å². The molecule has 1 aliphatic rings. The van der Waals surface area contributed by atoms with Gasteiger partial charge in [-0.25, -0.2) is 9.37 Å². The molecule has 0 aliphatic carbocycles. The van der Waals surface area contributed by atoms with Crippen molar-refractivity contribution in [3.05, 3.63) is 56.2 Å². The van der Waals surface area contributed by atoms with Crippen molar-refractivity contribution < 1.29 is 9.13 Å². The largest absolute Gasteiger partial charge is 0.380 e. The lowest BCUT2D eigenvalue weighted by molar-refractivity contribution is 0.00202. The van der Waals surface area contributed by atoms with E-state index in [1.807, 2.05) is 6.07 Å². The predicted octanol–water partition coefficient (Wildman–Crippen LogP) is 5.64. The minimum atomic E-state index is -0.240. The molecule has 2 atom stereocenters. The quantitative estimate of drug-likeness (QED) is 0.484. The van der Waals surface area contributed by atoms with Crippen LogP contribution < -0.4 is 11.1 Å². The normalized spacial score (nSPS) is 20.1. The molecule has 4 nitrogen and oxygen atoms in total. The molecule has 0 spiro atoms. The first-order chi connectivity index (χ1) is 13.0. The summed E-state index contributed by atoms with van der Waals surface area (Å²) in [6, 6.07) is 8.42. The highest BCUT2D eigenvalue weighted by Gasteiger charge is 2.29. The highest BCUT2D eigenvalue weighted by atomic mass is 79.9. The molecule has 0 unspecified atom stereocenters. The fraction of sp³-hybridized carbons (Fsp3) is 0.316. The van der Waals surface area contributed by atoms with E-state index in [2.05, 4.69) is 26.2 Å². The molecule has 3 N–H and O–H groups in total. The first kappa shape index (κ1) is 19.1. The number of halogens is 3. The first-order valence-electron chi connectivity index (χ1n) is 8.67. The van der Waals surface area contributed by atoms with Crippen LogP contribution >= 0.6 is 38.9 Å². The number of pyridine rings is 1. The summed E-state index contributed by atoms with van der Waals surface area (Å²) in [4.78, 5) is 5.48. The number of nitrogens with two attached hydrogens (primary N) is 1. The molecule has 1 fully saturated rings. The van der Waals surface area contributed by atoms with Crippen molar-refractivity contribution in [1.82, 2.24) is 4.98 Å². The second-order valence-corrected chi connectivity index (χ2v) is 8.73. The van der Waals surface area contributed by atoms with Gasteiger partial charge in [-0.05, 0) is 34.8 Å². The number of aromatic nitrogens is 1. The highest BCUT2D eigenvalue weighted by Crippen LogP contribution is 2.45. The Morgan fingerprint density at radius 1 is 1.41 bits per heavy atom. The van der Waals surface area contributed by atoms with Crippen LogP contribution in [0, 0.1) is 5.82 Å². The molecule has 1 aromatic carbocycles. The van der Waals surface area contributed by atoms with Gasteiger partial charge in [0, 0.05) is 30.8 Å². The summed E-state index contributed by atoms with van der Waals surface area (Å²) in [7, 11) is 0. The van der Waals surface area contributed by atoms with Crippen LogP contribution in [0.2, 0.25) is 5.15 Å². The second-order valence-electron chi connectivity index (χ2n) is 6.49. The lowest BCUT2D eigenvalue weighted by Crippen LogP contribution is -2.34. The molecule has 3 aromatic rings. The van der Waals surface area contributed by atoms with E-state index in [-0.39, 0.29) is 18.0 Å². The molecule has 2 aromatic heterocycles. The Hall–Kier alpha value is -1.25. The van der Waals surface area contributed by atoms with Gasteiger partial charge >= 0.3 is 0 Å². The molecule has 4 rings (SSSR count). The molecule has 0 amide bonds. The van der Waals surface area contributed by atoms with Gasteiger partial charge in [-0.1, -0.05) is 29.8 Å². The van der Waals surface area contributed by atoms with Gasteiger partial charge in [0.25, 0.3) is 0 Å². The minimum Gasteiger partial charge on any atom is -0.380 e. The van der Waals surface area contributed by atoms with Crippen LogP contribution in [0.1, 0.15) is 29.4 Å². The molecular weight excluding hydrogens is 453 g/mol. The Morgan fingerprint density at radius 2 is 2.22 bits per heavy atom. The number of hydrogen-bond donors (Lipinski definition) is 2. The third kappa shape index (κ3) is 3.84. The molecule has 0 bridgehead atoms. The van der Waals surface area contributed by atoms with Crippen LogP contribution in [0.5, 0.6) is 0 Å². The SMILES string of the molecule is N[C@H]1CCCO[C@@H]1c1sc2c(NCc3ccccc3F)cc(Cl)nc2c1Br. The van der Waals surface area contributed by atoms with Crippen molar-refractivity contribution >= 4 is 54.8 Å². The number of benzene rings is 1. The van der Waals surface area contributed by atoms with Crippen molar-refractivity contribution in [2.24, 2.45) is 5.73 Å². The van der Waals surface area contributed by atoms with Gasteiger partial charge in [0.2, 0.25) is 0 Å². The summed E-state index contributed by atoms with van der Waals surface area (Å²) >= 11 is 11.5. The highest BCUT2D eigenvalue weighted by molar-refractivity contribution is 9.10. The topological polar surface area (TPSA) is 60.2 Å². The van der Waals surface area contributed by atoms with Crippen molar-refractivity contribution in [2.45, 2.75) is 31.5 Å². The Bertz CT molecular complexity index is 983. The van der Waals surface area contributed by atoms with Crippen LogP contribution in [-0.4, -0.2) is 17.6 Å². The van der Waals surface area contributed by atoms with Crippen LogP contribution in [0.4, 0.5) is 10.1 Å². The van der Waals surface area contributed by atoms with Crippen molar-refractivity contribution in [3.63, 3.8) is 0 Å². The Balaban J connectivity index is 1.70. The molecule has 27 heavy (non-hydrogen) atoms. The lowest BCUT2D eigenvalue weighted by atomic mass is 10.0. The fourth-order valence-corrected chi connectivity index (χ4v) is 5.58. The number of ether oxygens (including phenoxy) is 1. The number of anilines is 1. The van der Waals surface area contributed by atoms with E-state index in [4.69, 9.17) is 22.1 Å². The van der Waals surface area contributed by atoms with E-state index >= 15 is 0 Å². The number of nitrogens with zero attached hydrogens (tertiary/aromatic N) is 1. The monoisotopic (exact) mass is 469 g/mol. The van der Waals surface area contributed by atoms with Crippen LogP contribution in [0.3, 0.4) is 0 Å². The maximum atomic E-state index is 13.9. The van der Waals surface area contributed by atoms with Crippen LogP contribution in [-0.2, 0) is 11.3 Å². The number of fused-ring (bicyclic) bond motifs is 1. The van der Waals surface area contributed by atoms with E-state index in [0.717, 1.165) is 38.1 Å². The van der Waals surface area contributed by atoms with Crippen molar-refractivity contribution in [1.29, 1.82) is 0 Å². The summed E-state index contributed by atoms with van der Waals surface area (Å²) in [5, 5.41) is 3.67. The number of nitrogens with one attached hydrogen (secondary N) is 1. The smallest absolute Gasteiger partial charge is 0.131 e. The van der Waals surface area contributed by atoms with Gasteiger partial charge in [-0.2, -0.15) is 0 Å². The first-order valence-corrected chi connectivity index (χ1v) is 10.7. The van der Waals surface area contributed by atoms with E-state index in [9.17, 15) is 4.39 Å². The third-order valence-corrected chi connectivity index (χ3v) is 7.16. The molecule has 8 heteroatoms. The van der Waals surface area contributed by atoms with Gasteiger partial charge in [-0.3, -0.25) is 0 Å². The molecular formula is C19H18BrClFN3OS. The van der Waals surface area contributed by atoms with Crippen molar-refractivity contribution in [2.75, 3.05) is 11.9 Å². The molecule has 1 saturated heterocycles. The summed E-state index contributed by atoms with van der Waals surface area (Å²) in [5.74, 6) is -0.240. The molecule has 142 valence electrons.